The van der Waals surface area contributed by atoms with Crippen LogP contribution in [-0.4, -0.2) is 44.5 Å². The average Bonchev–Trinajstić information content (AvgIpc) is 2.34. The summed E-state index contributed by atoms with van der Waals surface area (Å²) >= 11 is 0. The van der Waals surface area contributed by atoms with Crippen LogP contribution in [0.2, 0.25) is 0 Å². The summed E-state index contributed by atoms with van der Waals surface area (Å²) in [6.45, 7) is 6.60. The number of carbonyl (C=O) groups is 1. The molecule has 0 radical (unpaired) electrons. The molecule has 0 bridgehead atoms. The van der Waals surface area contributed by atoms with Gasteiger partial charge < -0.3 is 9.47 Å². The minimum atomic E-state index is -3.83. The molecule has 0 aliphatic carbocycles. The Labute approximate surface area is 120 Å². The second-order valence-electron chi connectivity index (χ2n) is 4.58. The first-order valence-corrected chi connectivity index (χ1v) is 8.29. The van der Waals surface area contributed by atoms with Crippen molar-refractivity contribution in [2.75, 3.05) is 25.6 Å². The Morgan fingerprint density at radius 1 is 1.05 bits per heavy atom. The maximum Gasteiger partial charge on any atom is 0.333 e. The standard InChI is InChI=1S/C13H24O6S/c1-12(2)13(14)19-10-6-5-9-18-8-4-3-7-11-20(15,16)17/h1,3-11H2,2H3,(H,15,16,17). The van der Waals surface area contributed by atoms with Gasteiger partial charge in [-0.25, -0.2) is 4.79 Å². The SMILES string of the molecule is C=C(C)C(=O)OCCCCOCCCCCS(=O)(=O)O. The molecule has 0 aliphatic heterocycles. The van der Waals surface area contributed by atoms with Crippen LogP contribution >= 0.6 is 0 Å². The van der Waals surface area contributed by atoms with Gasteiger partial charge in [-0.1, -0.05) is 13.0 Å². The summed E-state index contributed by atoms with van der Waals surface area (Å²) < 4.78 is 39.7. The average molecular weight is 308 g/mol. The van der Waals surface area contributed by atoms with E-state index in [2.05, 4.69) is 6.58 Å². The zero-order valence-corrected chi connectivity index (χ0v) is 12.8. The summed E-state index contributed by atoms with van der Waals surface area (Å²) in [6.07, 6.45) is 3.45. The Kier molecular flexibility index (Phi) is 10.3. The Morgan fingerprint density at radius 3 is 2.15 bits per heavy atom. The number of unbranched alkanes of at least 4 members (excludes halogenated alkanes) is 3. The normalized spacial score (nSPS) is 11.3. The zero-order chi connectivity index (χ0) is 15.4. The van der Waals surface area contributed by atoms with E-state index in [1.54, 1.807) is 6.92 Å². The fraction of sp³-hybridized carbons (Fsp3) is 0.769. The predicted octanol–water partition coefficient (Wildman–Crippen LogP) is 1.96. The molecule has 0 unspecified atom stereocenters. The van der Waals surface area contributed by atoms with Crippen LogP contribution in [0.3, 0.4) is 0 Å². The number of carbonyl (C=O) groups excluding carboxylic acids is 1. The first kappa shape index (κ1) is 19.1. The topological polar surface area (TPSA) is 89.9 Å². The minimum absolute atomic E-state index is 0.193. The van der Waals surface area contributed by atoms with Gasteiger partial charge in [0, 0.05) is 18.8 Å². The third-order valence-electron chi connectivity index (χ3n) is 2.46. The highest BCUT2D eigenvalue weighted by Gasteiger charge is 2.03. The van der Waals surface area contributed by atoms with Gasteiger partial charge >= 0.3 is 5.97 Å². The summed E-state index contributed by atoms with van der Waals surface area (Å²) in [7, 11) is -3.83. The van der Waals surface area contributed by atoms with Crippen molar-refractivity contribution in [1.82, 2.24) is 0 Å². The van der Waals surface area contributed by atoms with Crippen LogP contribution < -0.4 is 0 Å². The first-order chi connectivity index (χ1) is 9.33. The molecule has 0 aromatic rings. The lowest BCUT2D eigenvalue weighted by molar-refractivity contribution is -0.139. The van der Waals surface area contributed by atoms with Crippen LogP contribution in [0.25, 0.3) is 0 Å². The van der Waals surface area contributed by atoms with Gasteiger partial charge in [-0.3, -0.25) is 4.55 Å². The van der Waals surface area contributed by atoms with Crippen LogP contribution in [0.1, 0.15) is 39.0 Å². The van der Waals surface area contributed by atoms with Crippen LogP contribution in [0, 0.1) is 0 Å². The van der Waals surface area contributed by atoms with E-state index in [-0.39, 0.29) is 11.7 Å². The van der Waals surface area contributed by atoms with Crippen molar-refractivity contribution in [3.8, 4) is 0 Å². The van der Waals surface area contributed by atoms with Crippen molar-refractivity contribution < 1.29 is 27.2 Å². The lowest BCUT2D eigenvalue weighted by Crippen LogP contribution is -2.07. The van der Waals surface area contributed by atoms with Gasteiger partial charge in [0.05, 0.1) is 12.4 Å². The molecule has 0 aromatic heterocycles. The zero-order valence-electron chi connectivity index (χ0n) is 12.0. The van der Waals surface area contributed by atoms with Gasteiger partial charge in [0.2, 0.25) is 0 Å². The molecular formula is C13H24O6S. The molecular weight excluding hydrogens is 284 g/mol. The largest absolute Gasteiger partial charge is 0.462 e. The van der Waals surface area contributed by atoms with Gasteiger partial charge in [-0.2, -0.15) is 8.42 Å². The molecule has 0 atom stereocenters. The predicted molar refractivity (Wildman–Crippen MR) is 76.1 cm³/mol. The monoisotopic (exact) mass is 308 g/mol. The lowest BCUT2D eigenvalue weighted by Gasteiger charge is -2.05. The number of ether oxygens (including phenoxy) is 2. The summed E-state index contributed by atoms with van der Waals surface area (Å²) in [4.78, 5) is 11.0. The summed E-state index contributed by atoms with van der Waals surface area (Å²) in [6, 6.07) is 0. The maximum absolute atomic E-state index is 11.0. The molecule has 0 aromatic carbocycles. The van der Waals surface area contributed by atoms with Crippen molar-refractivity contribution in [3.05, 3.63) is 12.2 Å². The smallest absolute Gasteiger partial charge is 0.333 e. The van der Waals surface area contributed by atoms with Crippen LogP contribution in [0.15, 0.2) is 12.2 Å². The van der Waals surface area contributed by atoms with Gasteiger partial charge in [0.1, 0.15) is 0 Å². The Morgan fingerprint density at radius 2 is 1.60 bits per heavy atom. The van der Waals surface area contributed by atoms with Crippen molar-refractivity contribution in [1.29, 1.82) is 0 Å². The molecule has 0 rings (SSSR count). The van der Waals surface area contributed by atoms with Crippen molar-refractivity contribution in [2.45, 2.75) is 39.0 Å². The molecule has 20 heavy (non-hydrogen) atoms. The lowest BCUT2D eigenvalue weighted by atomic mass is 10.3. The molecule has 0 aliphatic rings. The molecule has 0 fully saturated rings. The number of hydrogen-bond donors (Lipinski definition) is 1. The van der Waals surface area contributed by atoms with E-state index >= 15 is 0 Å². The summed E-state index contributed by atoms with van der Waals surface area (Å²) in [5, 5.41) is 0. The molecule has 118 valence electrons. The molecule has 1 N–H and O–H groups in total. The van der Waals surface area contributed by atoms with E-state index in [4.69, 9.17) is 14.0 Å². The van der Waals surface area contributed by atoms with Crippen molar-refractivity contribution in [3.63, 3.8) is 0 Å². The van der Waals surface area contributed by atoms with Crippen LogP contribution in [0.4, 0.5) is 0 Å². The highest BCUT2D eigenvalue weighted by atomic mass is 32.2. The fourth-order valence-electron chi connectivity index (χ4n) is 1.36. The Bertz CT molecular complexity index is 388. The van der Waals surface area contributed by atoms with E-state index < -0.39 is 10.1 Å². The summed E-state index contributed by atoms with van der Waals surface area (Å²) in [5.41, 5.74) is 0.395. The van der Waals surface area contributed by atoms with E-state index in [1.807, 2.05) is 0 Å². The number of esters is 1. The van der Waals surface area contributed by atoms with E-state index in [9.17, 15) is 13.2 Å². The Hall–Kier alpha value is -0.920. The quantitative estimate of drug-likeness (QED) is 0.256. The van der Waals surface area contributed by atoms with E-state index in [0.29, 0.717) is 38.2 Å². The second-order valence-corrected chi connectivity index (χ2v) is 6.15. The van der Waals surface area contributed by atoms with Gasteiger partial charge in [-0.15, -0.1) is 0 Å². The minimum Gasteiger partial charge on any atom is -0.462 e. The molecule has 0 saturated carbocycles. The Balaban J connectivity index is 3.21. The molecule has 6 nitrogen and oxygen atoms in total. The van der Waals surface area contributed by atoms with Crippen molar-refractivity contribution >= 4 is 16.1 Å². The highest BCUT2D eigenvalue weighted by molar-refractivity contribution is 7.85. The summed E-state index contributed by atoms with van der Waals surface area (Å²) in [5.74, 6) is -0.564. The molecule has 7 heteroatoms. The molecule has 0 heterocycles. The van der Waals surface area contributed by atoms with E-state index in [1.165, 1.54) is 0 Å². The van der Waals surface area contributed by atoms with Crippen LogP contribution in [-0.2, 0) is 24.4 Å². The third-order valence-corrected chi connectivity index (χ3v) is 3.26. The fourth-order valence-corrected chi connectivity index (χ4v) is 1.93. The maximum atomic E-state index is 11.0. The van der Waals surface area contributed by atoms with Gasteiger partial charge in [-0.05, 0) is 32.6 Å². The van der Waals surface area contributed by atoms with E-state index in [0.717, 1.165) is 19.3 Å². The second kappa shape index (κ2) is 10.8. The number of hydrogen-bond acceptors (Lipinski definition) is 5. The van der Waals surface area contributed by atoms with Crippen LogP contribution in [0.5, 0.6) is 0 Å². The third kappa shape index (κ3) is 13.5. The van der Waals surface area contributed by atoms with Gasteiger partial charge in [0.25, 0.3) is 10.1 Å². The molecule has 0 saturated heterocycles. The number of rotatable bonds is 12. The first-order valence-electron chi connectivity index (χ1n) is 6.68. The highest BCUT2D eigenvalue weighted by Crippen LogP contribution is 2.00. The molecule has 0 spiro atoms. The van der Waals surface area contributed by atoms with Crippen molar-refractivity contribution in [2.24, 2.45) is 0 Å². The molecule has 0 amide bonds. The van der Waals surface area contributed by atoms with Gasteiger partial charge in [0.15, 0.2) is 0 Å².